The van der Waals surface area contributed by atoms with Crippen LogP contribution in [0.4, 0.5) is 0 Å². The Kier molecular flexibility index (Phi) is 4.94. The van der Waals surface area contributed by atoms with Crippen molar-refractivity contribution >= 4 is 15.7 Å². The molecule has 1 atom stereocenters. The molecular weight excluding hydrogens is 324 g/mol. The molecule has 5 nitrogen and oxygen atoms in total. The van der Waals surface area contributed by atoms with Crippen LogP contribution in [0.25, 0.3) is 0 Å². The normalized spacial score (nSPS) is 19.1. The van der Waals surface area contributed by atoms with Gasteiger partial charge in [-0.3, -0.25) is 9.78 Å². The number of benzene rings is 1. The van der Waals surface area contributed by atoms with Crippen molar-refractivity contribution in [3.05, 3.63) is 66.0 Å². The third-order valence-electron chi connectivity index (χ3n) is 4.32. The van der Waals surface area contributed by atoms with Gasteiger partial charge >= 0.3 is 0 Å². The second kappa shape index (κ2) is 7.13. The van der Waals surface area contributed by atoms with Gasteiger partial charge in [-0.15, -0.1) is 0 Å². The molecule has 0 unspecified atom stereocenters. The van der Waals surface area contributed by atoms with Gasteiger partial charge in [0.15, 0.2) is 9.84 Å². The second-order valence-electron chi connectivity index (χ2n) is 6.03. The fourth-order valence-electron chi connectivity index (χ4n) is 3.03. The van der Waals surface area contributed by atoms with Crippen LogP contribution >= 0.6 is 0 Å². The summed E-state index contributed by atoms with van der Waals surface area (Å²) in [5.74, 6) is 0.0808. The van der Waals surface area contributed by atoms with Crippen LogP contribution in [-0.2, 0) is 16.3 Å². The molecule has 24 heavy (non-hydrogen) atoms. The second-order valence-corrected chi connectivity index (χ2v) is 8.26. The van der Waals surface area contributed by atoms with E-state index in [9.17, 15) is 13.2 Å². The SMILES string of the molecule is O=C(c1ccncc1)N(CCc1ccccc1)[C@@H]1CCS(=O)(=O)C1. The maximum Gasteiger partial charge on any atom is 0.254 e. The van der Waals surface area contributed by atoms with Crippen molar-refractivity contribution in [1.82, 2.24) is 9.88 Å². The Morgan fingerprint density at radius 2 is 1.83 bits per heavy atom. The lowest BCUT2D eigenvalue weighted by atomic mass is 10.1. The number of aromatic nitrogens is 1. The highest BCUT2D eigenvalue weighted by Crippen LogP contribution is 2.20. The smallest absolute Gasteiger partial charge is 0.254 e. The largest absolute Gasteiger partial charge is 0.334 e. The fourth-order valence-corrected chi connectivity index (χ4v) is 4.76. The molecular formula is C18H20N2O3S. The number of rotatable bonds is 5. The molecule has 6 heteroatoms. The zero-order chi connectivity index (χ0) is 17.0. The Labute approximate surface area is 142 Å². The topological polar surface area (TPSA) is 67.3 Å². The number of carbonyl (C=O) groups excluding carboxylic acids is 1. The average molecular weight is 344 g/mol. The molecule has 0 aliphatic carbocycles. The molecule has 126 valence electrons. The summed E-state index contributed by atoms with van der Waals surface area (Å²) < 4.78 is 23.7. The first kappa shape index (κ1) is 16.6. The van der Waals surface area contributed by atoms with Crippen LogP contribution in [0.15, 0.2) is 54.9 Å². The van der Waals surface area contributed by atoms with Crippen molar-refractivity contribution in [3.63, 3.8) is 0 Å². The average Bonchev–Trinajstić information content (AvgIpc) is 2.96. The lowest BCUT2D eigenvalue weighted by molar-refractivity contribution is 0.0699. The van der Waals surface area contributed by atoms with E-state index in [0.717, 1.165) is 5.56 Å². The molecule has 0 radical (unpaired) electrons. The van der Waals surface area contributed by atoms with Gasteiger partial charge in [0, 0.05) is 30.5 Å². The first-order valence-electron chi connectivity index (χ1n) is 8.00. The summed E-state index contributed by atoms with van der Waals surface area (Å²) in [6.07, 6.45) is 4.37. The lowest BCUT2D eigenvalue weighted by Gasteiger charge is -2.28. The first-order valence-corrected chi connectivity index (χ1v) is 9.83. The van der Waals surface area contributed by atoms with Crippen LogP contribution in [0.5, 0.6) is 0 Å². The number of hydrogen-bond donors (Lipinski definition) is 0. The van der Waals surface area contributed by atoms with Gasteiger partial charge < -0.3 is 4.90 Å². The molecule has 3 rings (SSSR count). The molecule has 0 saturated carbocycles. The molecule has 0 N–H and O–H groups in total. The minimum atomic E-state index is -3.05. The van der Waals surface area contributed by atoms with E-state index in [1.807, 2.05) is 30.3 Å². The van der Waals surface area contributed by atoms with Crippen LogP contribution in [0.1, 0.15) is 22.3 Å². The Hall–Kier alpha value is -2.21. The number of pyridine rings is 1. The van der Waals surface area contributed by atoms with Crippen LogP contribution in [0.3, 0.4) is 0 Å². The molecule has 2 heterocycles. The van der Waals surface area contributed by atoms with Gasteiger partial charge in [0.1, 0.15) is 0 Å². The van der Waals surface area contributed by atoms with Crippen LogP contribution < -0.4 is 0 Å². The summed E-state index contributed by atoms with van der Waals surface area (Å²) in [7, 11) is -3.05. The van der Waals surface area contributed by atoms with Crippen molar-refractivity contribution in [3.8, 4) is 0 Å². The predicted octanol–water partition coefficient (Wildman–Crippen LogP) is 1.95. The zero-order valence-electron chi connectivity index (χ0n) is 13.3. The molecule has 1 fully saturated rings. The minimum Gasteiger partial charge on any atom is -0.334 e. The van der Waals surface area contributed by atoms with E-state index in [4.69, 9.17) is 0 Å². The van der Waals surface area contributed by atoms with Gasteiger partial charge in [-0.05, 0) is 30.5 Å². The lowest BCUT2D eigenvalue weighted by Crippen LogP contribution is -2.42. The minimum absolute atomic E-state index is 0.0542. The first-order chi connectivity index (χ1) is 11.6. The van der Waals surface area contributed by atoms with Crippen molar-refractivity contribution in [2.24, 2.45) is 0 Å². The van der Waals surface area contributed by atoms with Crippen LogP contribution in [0, 0.1) is 0 Å². The summed E-state index contributed by atoms with van der Waals surface area (Å²) in [6.45, 7) is 0.505. The third kappa shape index (κ3) is 4.00. The fraction of sp³-hybridized carbons (Fsp3) is 0.333. The quantitative estimate of drug-likeness (QED) is 0.831. The summed E-state index contributed by atoms with van der Waals surface area (Å²) in [4.78, 5) is 18.5. The monoisotopic (exact) mass is 344 g/mol. The standard InChI is InChI=1S/C18H20N2O3S/c21-18(16-6-10-19-11-7-16)20(17-9-13-24(22,23)14-17)12-8-15-4-2-1-3-5-15/h1-7,10-11,17H,8-9,12-14H2/t17-/m1/s1. The summed E-state index contributed by atoms with van der Waals surface area (Å²) >= 11 is 0. The van der Waals surface area contributed by atoms with Gasteiger partial charge in [-0.1, -0.05) is 30.3 Å². The Morgan fingerprint density at radius 3 is 2.46 bits per heavy atom. The van der Waals surface area contributed by atoms with Gasteiger partial charge in [0.2, 0.25) is 0 Å². The highest BCUT2D eigenvalue weighted by atomic mass is 32.2. The molecule has 1 aliphatic heterocycles. The van der Waals surface area contributed by atoms with Crippen molar-refractivity contribution in [2.45, 2.75) is 18.9 Å². The van der Waals surface area contributed by atoms with Gasteiger partial charge in [-0.25, -0.2) is 8.42 Å². The van der Waals surface area contributed by atoms with Gasteiger partial charge in [-0.2, -0.15) is 0 Å². The maximum absolute atomic E-state index is 12.9. The molecule has 1 aromatic heterocycles. The van der Waals surface area contributed by atoms with Crippen molar-refractivity contribution in [1.29, 1.82) is 0 Å². The number of hydrogen-bond acceptors (Lipinski definition) is 4. The summed E-state index contributed by atoms with van der Waals surface area (Å²) in [6, 6.07) is 13.0. The third-order valence-corrected chi connectivity index (χ3v) is 6.07. The van der Waals surface area contributed by atoms with E-state index >= 15 is 0 Å². The predicted molar refractivity (Wildman–Crippen MR) is 92.5 cm³/mol. The van der Waals surface area contributed by atoms with Crippen LogP contribution in [-0.4, -0.2) is 48.3 Å². The Balaban J connectivity index is 1.79. The number of nitrogens with zero attached hydrogens (tertiary/aromatic N) is 2. The Morgan fingerprint density at radius 1 is 1.12 bits per heavy atom. The number of sulfone groups is 1. The van der Waals surface area contributed by atoms with Crippen molar-refractivity contribution in [2.75, 3.05) is 18.1 Å². The van der Waals surface area contributed by atoms with Gasteiger partial charge in [0.25, 0.3) is 5.91 Å². The molecule has 2 aromatic rings. The molecule has 1 amide bonds. The van der Waals surface area contributed by atoms with E-state index < -0.39 is 9.84 Å². The number of amides is 1. The molecule has 1 aliphatic rings. The number of carbonyl (C=O) groups is 1. The van der Waals surface area contributed by atoms with E-state index in [1.165, 1.54) is 0 Å². The van der Waals surface area contributed by atoms with E-state index in [0.29, 0.717) is 24.9 Å². The maximum atomic E-state index is 12.9. The highest BCUT2D eigenvalue weighted by molar-refractivity contribution is 7.91. The van der Waals surface area contributed by atoms with E-state index in [1.54, 1.807) is 29.4 Å². The highest BCUT2D eigenvalue weighted by Gasteiger charge is 2.34. The van der Waals surface area contributed by atoms with Crippen molar-refractivity contribution < 1.29 is 13.2 Å². The molecule has 1 aromatic carbocycles. The van der Waals surface area contributed by atoms with Crippen LogP contribution in [0.2, 0.25) is 0 Å². The van der Waals surface area contributed by atoms with E-state index in [2.05, 4.69) is 4.98 Å². The Bertz CT molecular complexity index is 792. The van der Waals surface area contributed by atoms with Gasteiger partial charge in [0.05, 0.1) is 11.5 Å². The molecule has 1 saturated heterocycles. The molecule has 0 bridgehead atoms. The zero-order valence-corrected chi connectivity index (χ0v) is 14.2. The van der Waals surface area contributed by atoms with E-state index in [-0.39, 0.29) is 23.5 Å². The summed E-state index contributed by atoms with van der Waals surface area (Å²) in [5.41, 5.74) is 1.67. The summed E-state index contributed by atoms with van der Waals surface area (Å²) in [5, 5.41) is 0. The molecule has 0 spiro atoms.